The maximum atomic E-state index is 12.5. The van der Waals surface area contributed by atoms with Crippen LogP contribution in [0, 0.1) is 0 Å². The molecule has 27 heavy (non-hydrogen) atoms. The number of fused-ring (bicyclic) bond motifs is 1. The number of amides is 1. The summed E-state index contributed by atoms with van der Waals surface area (Å²) in [6.45, 7) is 9.15. The van der Waals surface area contributed by atoms with Gasteiger partial charge >= 0.3 is 0 Å². The second kappa shape index (κ2) is 8.05. The molecule has 0 aliphatic carbocycles. The molecule has 1 aliphatic rings. The van der Waals surface area contributed by atoms with Crippen LogP contribution >= 0.6 is 0 Å². The molecule has 1 amide bonds. The lowest BCUT2D eigenvalue weighted by Gasteiger charge is -2.41. The lowest BCUT2D eigenvalue weighted by Crippen LogP contribution is -2.53. The van der Waals surface area contributed by atoms with Crippen molar-refractivity contribution in [2.75, 3.05) is 13.1 Å². The van der Waals surface area contributed by atoms with E-state index < -0.39 is 0 Å². The molecule has 6 nitrogen and oxygen atoms in total. The van der Waals surface area contributed by atoms with Crippen molar-refractivity contribution < 1.29 is 4.79 Å². The van der Waals surface area contributed by atoms with Gasteiger partial charge in [-0.05, 0) is 43.9 Å². The topological polar surface area (TPSA) is 67.2 Å². The van der Waals surface area contributed by atoms with Crippen LogP contribution in [0.25, 0.3) is 0 Å². The second-order valence-corrected chi connectivity index (χ2v) is 7.72. The molecular formula is C21H28N4O2. The van der Waals surface area contributed by atoms with Crippen molar-refractivity contribution in [2.45, 2.75) is 52.2 Å². The summed E-state index contributed by atoms with van der Waals surface area (Å²) < 4.78 is 1.35. The van der Waals surface area contributed by atoms with Crippen LogP contribution in [0.1, 0.15) is 48.8 Å². The van der Waals surface area contributed by atoms with Gasteiger partial charge < -0.3 is 5.32 Å². The molecular weight excluding hydrogens is 340 g/mol. The smallest absolute Gasteiger partial charge is 0.271 e. The number of carbonyl (C=O) groups is 1. The summed E-state index contributed by atoms with van der Waals surface area (Å²) in [5, 5.41) is 7.17. The Morgan fingerprint density at radius 3 is 2.67 bits per heavy atom. The standard InChI is InChI=1S/C21H28N4O2/c1-4-12-25-19(26)10-9-18(23-25)20(27)22-15-21(2,3)24-13-11-16-7-5-6-8-17(16)14-24/h5-10H,4,11-15H2,1-3H3,(H,22,27). The molecule has 6 heteroatoms. The van der Waals surface area contributed by atoms with Crippen LogP contribution in [0.15, 0.2) is 41.2 Å². The molecule has 1 aromatic carbocycles. The van der Waals surface area contributed by atoms with E-state index in [0.29, 0.717) is 13.1 Å². The fraction of sp³-hybridized carbons (Fsp3) is 0.476. The number of rotatable bonds is 6. The van der Waals surface area contributed by atoms with Crippen LogP contribution in [0.2, 0.25) is 0 Å². The molecule has 144 valence electrons. The summed E-state index contributed by atoms with van der Waals surface area (Å²) in [5.41, 5.74) is 2.69. The van der Waals surface area contributed by atoms with Gasteiger partial charge in [-0.1, -0.05) is 31.2 Å². The van der Waals surface area contributed by atoms with Gasteiger partial charge in [0, 0.05) is 37.8 Å². The summed E-state index contributed by atoms with van der Waals surface area (Å²) in [6.07, 6.45) is 1.82. The summed E-state index contributed by atoms with van der Waals surface area (Å²) in [7, 11) is 0. The molecule has 1 aliphatic heterocycles. The highest BCUT2D eigenvalue weighted by Crippen LogP contribution is 2.24. The minimum absolute atomic E-state index is 0.180. The number of nitrogens with one attached hydrogen (secondary N) is 1. The Kier molecular flexibility index (Phi) is 5.75. The Morgan fingerprint density at radius 2 is 1.93 bits per heavy atom. The van der Waals surface area contributed by atoms with Gasteiger partial charge in [-0.25, -0.2) is 4.68 Å². The molecule has 0 saturated carbocycles. The Balaban J connectivity index is 1.64. The van der Waals surface area contributed by atoms with Gasteiger partial charge in [0.25, 0.3) is 11.5 Å². The summed E-state index contributed by atoms with van der Waals surface area (Å²) in [6, 6.07) is 11.4. The molecule has 3 rings (SSSR count). The van der Waals surface area contributed by atoms with Gasteiger partial charge in [-0.15, -0.1) is 0 Å². The molecule has 0 radical (unpaired) electrons. The zero-order valence-electron chi connectivity index (χ0n) is 16.4. The number of nitrogens with zero attached hydrogens (tertiary/aromatic N) is 3. The molecule has 0 bridgehead atoms. The summed E-state index contributed by atoms with van der Waals surface area (Å²) in [5.74, 6) is -0.245. The van der Waals surface area contributed by atoms with E-state index >= 15 is 0 Å². The molecule has 1 aromatic heterocycles. The first-order valence-electron chi connectivity index (χ1n) is 9.59. The van der Waals surface area contributed by atoms with Crippen molar-refractivity contribution in [3.05, 3.63) is 63.6 Å². The van der Waals surface area contributed by atoms with E-state index in [1.165, 1.54) is 27.9 Å². The summed E-state index contributed by atoms with van der Waals surface area (Å²) >= 11 is 0. The molecule has 2 aromatic rings. The fourth-order valence-electron chi connectivity index (χ4n) is 3.45. The highest BCUT2D eigenvalue weighted by atomic mass is 16.2. The number of hydrogen-bond donors (Lipinski definition) is 1. The molecule has 1 N–H and O–H groups in total. The van der Waals surface area contributed by atoms with Gasteiger partial charge in [0.1, 0.15) is 5.69 Å². The molecule has 0 spiro atoms. The van der Waals surface area contributed by atoms with E-state index in [-0.39, 0.29) is 22.7 Å². The normalized spacial score (nSPS) is 14.6. The van der Waals surface area contributed by atoms with Crippen molar-refractivity contribution >= 4 is 5.91 Å². The lowest BCUT2D eigenvalue weighted by molar-refractivity contribution is 0.0820. The molecule has 0 saturated heterocycles. The number of hydrogen-bond acceptors (Lipinski definition) is 4. The Bertz CT molecular complexity index is 872. The number of aromatic nitrogens is 2. The monoisotopic (exact) mass is 368 g/mol. The highest BCUT2D eigenvalue weighted by molar-refractivity contribution is 5.92. The molecule has 2 heterocycles. The van der Waals surface area contributed by atoms with Gasteiger partial charge in [0.15, 0.2) is 0 Å². The van der Waals surface area contributed by atoms with Crippen LogP contribution in [-0.2, 0) is 19.5 Å². The zero-order chi connectivity index (χ0) is 19.4. The largest absolute Gasteiger partial charge is 0.349 e. The highest BCUT2D eigenvalue weighted by Gasteiger charge is 2.30. The van der Waals surface area contributed by atoms with Gasteiger partial charge in [-0.2, -0.15) is 5.10 Å². The third-order valence-corrected chi connectivity index (χ3v) is 5.20. The first kappa shape index (κ1) is 19.3. The van der Waals surface area contributed by atoms with Crippen LogP contribution in [-0.4, -0.2) is 39.2 Å². The predicted octanol–water partition coefficient (Wildman–Crippen LogP) is 2.22. The number of carbonyl (C=O) groups excluding carboxylic acids is 1. The van der Waals surface area contributed by atoms with Gasteiger partial charge in [0.05, 0.1) is 0 Å². The van der Waals surface area contributed by atoms with Crippen LogP contribution in [0.3, 0.4) is 0 Å². The lowest BCUT2D eigenvalue weighted by atomic mass is 9.94. The average molecular weight is 368 g/mol. The van der Waals surface area contributed by atoms with Gasteiger partial charge in [0.2, 0.25) is 0 Å². The van der Waals surface area contributed by atoms with Crippen LogP contribution in [0.4, 0.5) is 0 Å². The average Bonchev–Trinajstić information content (AvgIpc) is 2.67. The SMILES string of the molecule is CCCn1nc(C(=O)NCC(C)(C)N2CCc3ccccc3C2)ccc1=O. The zero-order valence-corrected chi connectivity index (χ0v) is 16.4. The van der Waals surface area contributed by atoms with Crippen molar-refractivity contribution in [1.29, 1.82) is 0 Å². The van der Waals surface area contributed by atoms with E-state index in [9.17, 15) is 9.59 Å². The van der Waals surface area contributed by atoms with Gasteiger partial charge in [-0.3, -0.25) is 14.5 Å². The third-order valence-electron chi connectivity index (χ3n) is 5.20. The quantitative estimate of drug-likeness (QED) is 0.849. The summed E-state index contributed by atoms with van der Waals surface area (Å²) in [4.78, 5) is 26.7. The fourth-order valence-corrected chi connectivity index (χ4v) is 3.45. The number of aryl methyl sites for hydroxylation is 1. The number of benzene rings is 1. The van der Waals surface area contributed by atoms with E-state index in [1.807, 2.05) is 6.92 Å². The van der Waals surface area contributed by atoms with E-state index in [4.69, 9.17) is 0 Å². The van der Waals surface area contributed by atoms with Crippen molar-refractivity contribution in [2.24, 2.45) is 0 Å². The third kappa shape index (κ3) is 4.45. The maximum Gasteiger partial charge on any atom is 0.271 e. The van der Waals surface area contributed by atoms with Crippen LogP contribution in [0.5, 0.6) is 0 Å². The van der Waals surface area contributed by atoms with Crippen molar-refractivity contribution in [1.82, 2.24) is 20.0 Å². The molecule has 0 fully saturated rings. The Morgan fingerprint density at radius 1 is 1.19 bits per heavy atom. The Labute approximate surface area is 160 Å². The molecule has 0 unspecified atom stereocenters. The first-order valence-corrected chi connectivity index (χ1v) is 9.59. The second-order valence-electron chi connectivity index (χ2n) is 7.72. The maximum absolute atomic E-state index is 12.5. The first-order chi connectivity index (χ1) is 12.9. The minimum Gasteiger partial charge on any atom is -0.349 e. The van der Waals surface area contributed by atoms with E-state index in [2.05, 4.69) is 53.4 Å². The molecule has 0 atom stereocenters. The van der Waals surface area contributed by atoms with Crippen molar-refractivity contribution in [3.8, 4) is 0 Å². The minimum atomic E-state index is -0.245. The predicted molar refractivity (Wildman–Crippen MR) is 106 cm³/mol. The van der Waals surface area contributed by atoms with E-state index in [1.54, 1.807) is 0 Å². The van der Waals surface area contributed by atoms with E-state index in [0.717, 1.165) is 25.9 Å². The van der Waals surface area contributed by atoms with Crippen molar-refractivity contribution in [3.63, 3.8) is 0 Å². The Hall–Kier alpha value is -2.47. The van der Waals surface area contributed by atoms with Crippen LogP contribution < -0.4 is 10.9 Å².